The monoisotopic (exact) mass is 439 g/mol. The molecule has 0 spiro atoms. The van der Waals surface area contributed by atoms with Crippen molar-refractivity contribution in [3.63, 3.8) is 0 Å². The largest absolute Gasteiger partial charge is 0.495 e. The number of methoxy groups -OCH3 is 2. The zero-order valence-electron chi connectivity index (χ0n) is 14.6. The Kier molecular flexibility index (Phi) is 7.36. The molecule has 0 atom stereocenters. The van der Waals surface area contributed by atoms with Gasteiger partial charge in [-0.1, -0.05) is 27.5 Å². The molecular formula is C19H19BrClNO4. The van der Waals surface area contributed by atoms with Crippen molar-refractivity contribution in [3.05, 3.63) is 51.5 Å². The van der Waals surface area contributed by atoms with Crippen LogP contribution in [-0.4, -0.2) is 26.7 Å². The Bertz CT molecular complexity index is 823. The van der Waals surface area contributed by atoms with Crippen molar-refractivity contribution < 1.29 is 19.0 Å². The summed E-state index contributed by atoms with van der Waals surface area (Å²) in [7, 11) is 3.00. The van der Waals surface area contributed by atoms with E-state index in [4.69, 9.17) is 25.8 Å². The van der Waals surface area contributed by atoms with Crippen molar-refractivity contribution in [2.45, 2.75) is 6.92 Å². The van der Waals surface area contributed by atoms with Crippen LogP contribution < -0.4 is 19.5 Å². The van der Waals surface area contributed by atoms with Crippen LogP contribution in [0.4, 0.5) is 5.69 Å². The van der Waals surface area contributed by atoms with Gasteiger partial charge < -0.3 is 19.5 Å². The summed E-state index contributed by atoms with van der Waals surface area (Å²) in [6.07, 6.45) is 3.11. The molecule has 2 aromatic rings. The van der Waals surface area contributed by atoms with Crippen molar-refractivity contribution in [1.82, 2.24) is 0 Å². The number of rotatable bonds is 7. The highest BCUT2D eigenvalue weighted by atomic mass is 79.9. The molecule has 0 saturated carbocycles. The quantitative estimate of drug-likeness (QED) is 0.603. The summed E-state index contributed by atoms with van der Waals surface area (Å²) in [6, 6.07) is 8.80. The molecule has 7 heteroatoms. The van der Waals surface area contributed by atoms with E-state index < -0.39 is 0 Å². The Morgan fingerprint density at radius 2 is 1.88 bits per heavy atom. The van der Waals surface area contributed by atoms with Crippen LogP contribution in [0.25, 0.3) is 6.08 Å². The Labute approximate surface area is 166 Å². The first-order valence-corrected chi connectivity index (χ1v) is 8.98. The minimum atomic E-state index is -0.324. The fraction of sp³-hybridized carbons (Fsp3) is 0.211. The molecule has 0 saturated heterocycles. The summed E-state index contributed by atoms with van der Waals surface area (Å²) in [5.41, 5.74) is 1.25. The molecule has 138 valence electrons. The topological polar surface area (TPSA) is 56.8 Å². The average Bonchev–Trinajstić information content (AvgIpc) is 2.63. The minimum Gasteiger partial charge on any atom is -0.495 e. The first kappa shape index (κ1) is 20.1. The maximum absolute atomic E-state index is 12.3. The van der Waals surface area contributed by atoms with Crippen molar-refractivity contribution in [2.75, 3.05) is 26.1 Å². The number of carbonyl (C=O) groups is 1. The van der Waals surface area contributed by atoms with Gasteiger partial charge in [-0.15, -0.1) is 0 Å². The summed E-state index contributed by atoms with van der Waals surface area (Å²) < 4.78 is 16.9. The normalized spacial score (nSPS) is 10.7. The number of halogens is 2. The third kappa shape index (κ3) is 5.16. The molecular weight excluding hydrogens is 422 g/mol. The van der Waals surface area contributed by atoms with Gasteiger partial charge in [-0.3, -0.25) is 4.79 Å². The highest BCUT2D eigenvalue weighted by molar-refractivity contribution is 9.10. The summed E-state index contributed by atoms with van der Waals surface area (Å²) in [4.78, 5) is 12.3. The Hall–Kier alpha value is -2.18. The molecule has 0 aromatic heterocycles. The van der Waals surface area contributed by atoms with E-state index in [2.05, 4.69) is 21.2 Å². The Morgan fingerprint density at radius 1 is 1.15 bits per heavy atom. The highest BCUT2D eigenvalue weighted by Crippen LogP contribution is 2.35. The molecule has 0 aliphatic heterocycles. The number of nitrogens with one attached hydrogen (secondary N) is 1. The van der Waals surface area contributed by atoms with Crippen LogP contribution in [0.1, 0.15) is 12.5 Å². The predicted molar refractivity (Wildman–Crippen MR) is 108 cm³/mol. The van der Waals surface area contributed by atoms with Crippen molar-refractivity contribution in [3.8, 4) is 17.2 Å². The fourth-order valence-electron chi connectivity index (χ4n) is 2.23. The van der Waals surface area contributed by atoms with E-state index in [0.29, 0.717) is 34.6 Å². The smallest absolute Gasteiger partial charge is 0.248 e. The Balaban J connectivity index is 2.21. The molecule has 0 radical (unpaired) electrons. The summed E-state index contributed by atoms with van der Waals surface area (Å²) in [5.74, 6) is 1.26. The molecule has 2 rings (SSSR count). The van der Waals surface area contributed by atoms with Gasteiger partial charge in [-0.2, -0.15) is 0 Å². The van der Waals surface area contributed by atoms with Crippen LogP contribution in [0, 0.1) is 0 Å². The number of ether oxygens (including phenoxy) is 3. The third-order valence-corrected chi connectivity index (χ3v) is 4.21. The lowest BCUT2D eigenvalue weighted by Crippen LogP contribution is -2.09. The SMILES string of the molecule is CCOc1ccc(Br)cc1/C=C/C(=O)Nc1cc(OC)c(Cl)cc1OC. The minimum absolute atomic E-state index is 0.324. The van der Waals surface area contributed by atoms with E-state index >= 15 is 0 Å². The van der Waals surface area contributed by atoms with E-state index in [1.807, 2.05) is 25.1 Å². The number of benzene rings is 2. The fourth-order valence-corrected chi connectivity index (χ4v) is 2.84. The zero-order valence-corrected chi connectivity index (χ0v) is 17.0. The molecule has 0 heterocycles. The molecule has 26 heavy (non-hydrogen) atoms. The highest BCUT2D eigenvalue weighted by Gasteiger charge is 2.11. The second-order valence-electron chi connectivity index (χ2n) is 5.12. The number of hydrogen-bond donors (Lipinski definition) is 1. The van der Waals surface area contributed by atoms with Crippen molar-refractivity contribution in [1.29, 1.82) is 0 Å². The second-order valence-corrected chi connectivity index (χ2v) is 6.45. The van der Waals surface area contributed by atoms with Crippen LogP contribution >= 0.6 is 27.5 Å². The molecule has 0 unspecified atom stereocenters. The van der Waals surface area contributed by atoms with Gasteiger partial charge in [0.2, 0.25) is 5.91 Å². The van der Waals surface area contributed by atoms with Crippen LogP contribution in [0.3, 0.4) is 0 Å². The summed E-state index contributed by atoms with van der Waals surface area (Å²) >= 11 is 9.49. The van der Waals surface area contributed by atoms with E-state index in [-0.39, 0.29) is 5.91 Å². The van der Waals surface area contributed by atoms with E-state index in [0.717, 1.165) is 10.0 Å². The van der Waals surface area contributed by atoms with Crippen molar-refractivity contribution in [2.24, 2.45) is 0 Å². The number of anilines is 1. The van der Waals surface area contributed by atoms with Gasteiger partial charge in [0.25, 0.3) is 0 Å². The third-order valence-electron chi connectivity index (χ3n) is 3.42. The van der Waals surface area contributed by atoms with E-state index in [1.165, 1.54) is 20.3 Å². The van der Waals surface area contributed by atoms with E-state index in [1.54, 1.807) is 18.2 Å². The first-order valence-electron chi connectivity index (χ1n) is 7.81. The molecule has 0 aliphatic rings. The lowest BCUT2D eigenvalue weighted by molar-refractivity contribution is -0.111. The van der Waals surface area contributed by atoms with Crippen LogP contribution in [-0.2, 0) is 4.79 Å². The van der Waals surface area contributed by atoms with Gasteiger partial charge in [-0.05, 0) is 31.2 Å². The number of amides is 1. The Morgan fingerprint density at radius 3 is 2.54 bits per heavy atom. The van der Waals surface area contributed by atoms with Gasteiger partial charge >= 0.3 is 0 Å². The zero-order chi connectivity index (χ0) is 19.1. The summed E-state index contributed by atoms with van der Waals surface area (Å²) in [6.45, 7) is 2.44. The number of carbonyl (C=O) groups excluding carboxylic acids is 1. The van der Waals surface area contributed by atoms with Crippen LogP contribution in [0.2, 0.25) is 5.02 Å². The van der Waals surface area contributed by atoms with Crippen LogP contribution in [0.5, 0.6) is 17.2 Å². The molecule has 0 fully saturated rings. The molecule has 1 N–H and O–H groups in total. The molecule has 0 aliphatic carbocycles. The molecule has 1 amide bonds. The molecule has 2 aromatic carbocycles. The van der Waals surface area contributed by atoms with Gasteiger partial charge in [0.05, 0.1) is 31.5 Å². The van der Waals surface area contributed by atoms with Gasteiger partial charge in [0.15, 0.2) is 0 Å². The van der Waals surface area contributed by atoms with Gasteiger partial charge in [-0.25, -0.2) is 0 Å². The lowest BCUT2D eigenvalue weighted by atomic mass is 10.2. The lowest BCUT2D eigenvalue weighted by Gasteiger charge is -2.12. The summed E-state index contributed by atoms with van der Waals surface area (Å²) in [5, 5.41) is 3.15. The van der Waals surface area contributed by atoms with Gasteiger partial charge in [0, 0.05) is 28.2 Å². The molecule has 0 bridgehead atoms. The van der Waals surface area contributed by atoms with Crippen LogP contribution in [0.15, 0.2) is 40.9 Å². The van der Waals surface area contributed by atoms with E-state index in [9.17, 15) is 4.79 Å². The first-order chi connectivity index (χ1) is 12.5. The average molecular weight is 441 g/mol. The molecule has 5 nitrogen and oxygen atoms in total. The maximum atomic E-state index is 12.3. The maximum Gasteiger partial charge on any atom is 0.248 e. The van der Waals surface area contributed by atoms with Crippen molar-refractivity contribution >= 4 is 45.2 Å². The standard InChI is InChI=1S/C19H19BrClNO4/c1-4-26-16-7-6-13(20)9-12(16)5-8-19(23)22-15-11-17(24-2)14(21)10-18(15)25-3/h5-11H,4H2,1-3H3,(H,22,23)/b8-5+. The number of hydrogen-bond acceptors (Lipinski definition) is 4. The predicted octanol–water partition coefficient (Wildman–Crippen LogP) is 5.17. The second kappa shape index (κ2) is 9.50. The van der Waals surface area contributed by atoms with Gasteiger partial charge in [0.1, 0.15) is 17.2 Å².